The molecule has 0 fully saturated rings. The molecule has 3 aromatic rings. The third-order valence-electron chi connectivity index (χ3n) is 4.99. The van der Waals surface area contributed by atoms with Gasteiger partial charge in [0.2, 0.25) is 11.8 Å². The standard InChI is InChI=1S/C21H17N3O2S2/c1-24-14(18-20(25)22-12-6-2-4-8-16(12)27-18)10-11-15(24)19-21(26)23-13-7-3-5-9-17(13)28-19/h2-11,18-19H,1H3,(H,22,25)(H,23,26)/t18-,19-/m1/s1. The summed E-state index contributed by atoms with van der Waals surface area (Å²) in [6.07, 6.45) is 0. The van der Waals surface area contributed by atoms with Gasteiger partial charge in [0.15, 0.2) is 0 Å². The molecule has 0 unspecified atom stereocenters. The van der Waals surface area contributed by atoms with Crippen molar-refractivity contribution in [3.8, 4) is 0 Å². The molecule has 2 atom stereocenters. The number of amides is 2. The Morgan fingerprint density at radius 1 is 0.714 bits per heavy atom. The molecule has 0 radical (unpaired) electrons. The number of para-hydroxylation sites is 2. The van der Waals surface area contributed by atoms with E-state index in [1.807, 2.05) is 72.3 Å². The number of thioether (sulfide) groups is 2. The summed E-state index contributed by atoms with van der Waals surface area (Å²) >= 11 is 3.08. The van der Waals surface area contributed by atoms with Crippen LogP contribution in [0.1, 0.15) is 21.9 Å². The van der Waals surface area contributed by atoms with Crippen molar-refractivity contribution in [1.82, 2.24) is 4.57 Å². The summed E-state index contributed by atoms with van der Waals surface area (Å²) in [6, 6.07) is 19.5. The van der Waals surface area contributed by atoms with Crippen molar-refractivity contribution in [2.24, 2.45) is 7.05 Å². The van der Waals surface area contributed by atoms with Crippen molar-refractivity contribution in [2.75, 3.05) is 10.6 Å². The second kappa shape index (κ2) is 6.76. The highest BCUT2D eigenvalue weighted by Crippen LogP contribution is 2.47. The summed E-state index contributed by atoms with van der Waals surface area (Å²) < 4.78 is 1.98. The van der Waals surface area contributed by atoms with E-state index in [2.05, 4.69) is 10.6 Å². The molecule has 0 saturated carbocycles. The Morgan fingerprint density at radius 3 is 1.61 bits per heavy atom. The third kappa shape index (κ3) is 2.82. The van der Waals surface area contributed by atoms with Gasteiger partial charge in [-0.05, 0) is 36.4 Å². The zero-order valence-corrected chi connectivity index (χ0v) is 16.6. The molecule has 28 heavy (non-hydrogen) atoms. The fourth-order valence-corrected chi connectivity index (χ4v) is 5.92. The zero-order chi connectivity index (χ0) is 19.3. The van der Waals surface area contributed by atoms with Crippen LogP contribution in [0.3, 0.4) is 0 Å². The van der Waals surface area contributed by atoms with Crippen molar-refractivity contribution in [1.29, 1.82) is 0 Å². The molecule has 140 valence electrons. The zero-order valence-electron chi connectivity index (χ0n) is 15.0. The molecule has 1 aromatic heterocycles. The lowest BCUT2D eigenvalue weighted by Crippen LogP contribution is -2.26. The van der Waals surface area contributed by atoms with E-state index < -0.39 is 0 Å². The normalized spacial score (nSPS) is 20.8. The van der Waals surface area contributed by atoms with Crippen molar-refractivity contribution in [2.45, 2.75) is 20.3 Å². The van der Waals surface area contributed by atoms with E-state index in [1.165, 1.54) is 0 Å². The highest BCUT2D eigenvalue weighted by atomic mass is 32.2. The smallest absolute Gasteiger partial charge is 0.243 e. The maximum Gasteiger partial charge on any atom is 0.243 e. The molecule has 2 aliphatic heterocycles. The molecule has 2 aliphatic rings. The molecule has 7 heteroatoms. The maximum atomic E-state index is 12.7. The van der Waals surface area contributed by atoms with Gasteiger partial charge in [0.1, 0.15) is 10.5 Å². The minimum atomic E-state index is -0.349. The summed E-state index contributed by atoms with van der Waals surface area (Å²) in [5.74, 6) is -0.0786. The number of carbonyl (C=O) groups is 2. The topological polar surface area (TPSA) is 63.1 Å². The lowest BCUT2D eigenvalue weighted by atomic mass is 10.2. The van der Waals surface area contributed by atoms with Gasteiger partial charge < -0.3 is 15.2 Å². The number of nitrogens with one attached hydrogen (secondary N) is 2. The van der Waals surface area contributed by atoms with Gasteiger partial charge in [-0.3, -0.25) is 9.59 Å². The number of rotatable bonds is 2. The Bertz CT molecular complexity index is 1020. The van der Waals surface area contributed by atoms with E-state index in [-0.39, 0.29) is 22.3 Å². The van der Waals surface area contributed by atoms with E-state index >= 15 is 0 Å². The van der Waals surface area contributed by atoms with Gasteiger partial charge in [0, 0.05) is 28.2 Å². The molecule has 0 aliphatic carbocycles. The van der Waals surface area contributed by atoms with Gasteiger partial charge in [-0.1, -0.05) is 24.3 Å². The summed E-state index contributed by atoms with van der Waals surface area (Å²) in [5.41, 5.74) is 3.47. The van der Waals surface area contributed by atoms with Crippen LogP contribution in [0.2, 0.25) is 0 Å². The van der Waals surface area contributed by atoms with Crippen LogP contribution in [0, 0.1) is 0 Å². The molecular formula is C21H17N3O2S2. The monoisotopic (exact) mass is 407 g/mol. The van der Waals surface area contributed by atoms with E-state index in [4.69, 9.17) is 0 Å². The number of carbonyl (C=O) groups excluding carboxylic acids is 2. The Hall–Kier alpha value is -2.64. The first kappa shape index (κ1) is 17.5. The Morgan fingerprint density at radius 2 is 1.14 bits per heavy atom. The molecule has 2 amide bonds. The van der Waals surface area contributed by atoms with Crippen LogP contribution in [-0.2, 0) is 16.6 Å². The van der Waals surface area contributed by atoms with Gasteiger partial charge in [-0.25, -0.2) is 0 Å². The van der Waals surface area contributed by atoms with Crippen LogP contribution in [0.15, 0.2) is 70.5 Å². The fraction of sp³-hybridized carbons (Fsp3) is 0.143. The third-order valence-corrected chi connectivity index (χ3v) is 7.59. The van der Waals surface area contributed by atoms with Crippen molar-refractivity contribution < 1.29 is 9.59 Å². The molecule has 0 spiro atoms. The second-order valence-corrected chi connectivity index (χ2v) is 9.00. The predicted octanol–water partition coefficient (Wildman–Crippen LogP) is 4.60. The second-order valence-electron chi connectivity index (χ2n) is 6.71. The lowest BCUT2D eigenvalue weighted by molar-refractivity contribution is -0.116. The average molecular weight is 408 g/mol. The van der Waals surface area contributed by atoms with Gasteiger partial charge in [0.05, 0.1) is 11.4 Å². The molecule has 0 saturated heterocycles. The van der Waals surface area contributed by atoms with Crippen LogP contribution in [0.5, 0.6) is 0 Å². The minimum Gasteiger partial charge on any atom is -0.349 e. The van der Waals surface area contributed by atoms with Crippen molar-refractivity contribution >= 4 is 46.7 Å². The van der Waals surface area contributed by atoms with Crippen molar-refractivity contribution in [3.05, 3.63) is 72.1 Å². The first-order valence-electron chi connectivity index (χ1n) is 8.90. The summed E-state index contributed by atoms with van der Waals surface area (Å²) in [6.45, 7) is 0. The largest absolute Gasteiger partial charge is 0.349 e. The van der Waals surface area contributed by atoms with Gasteiger partial charge in [-0.2, -0.15) is 0 Å². The van der Waals surface area contributed by atoms with E-state index in [9.17, 15) is 9.59 Å². The maximum absolute atomic E-state index is 12.7. The van der Waals surface area contributed by atoms with Crippen LogP contribution in [0.25, 0.3) is 0 Å². The van der Waals surface area contributed by atoms with Crippen LogP contribution >= 0.6 is 23.5 Å². The number of anilines is 2. The summed E-state index contributed by atoms with van der Waals surface area (Å²) in [5, 5.41) is 5.28. The minimum absolute atomic E-state index is 0.0393. The number of nitrogens with zero attached hydrogens (tertiary/aromatic N) is 1. The molecule has 2 aromatic carbocycles. The van der Waals surface area contributed by atoms with Crippen molar-refractivity contribution in [3.63, 3.8) is 0 Å². The number of aromatic nitrogens is 1. The highest BCUT2D eigenvalue weighted by molar-refractivity contribution is 8.00. The van der Waals surface area contributed by atoms with Crippen LogP contribution in [0.4, 0.5) is 11.4 Å². The van der Waals surface area contributed by atoms with Crippen LogP contribution in [-0.4, -0.2) is 16.4 Å². The van der Waals surface area contributed by atoms with E-state index in [1.54, 1.807) is 23.5 Å². The molecule has 2 N–H and O–H groups in total. The Balaban J connectivity index is 1.47. The Labute approximate surface area is 170 Å². The van der Waals surface area contributed by atoms with Crippen LogP contribution < -0.4 is 10.6 Å². The summed E-state index contributed by atoms with van der Waals surface area (Å²) in [7, 11) is 1.92. The number of hydrogen-bond acceptors (Lipinski definition) is 4. The van der Waals surface area contributed by atoms with Gasteiger partial charge in [-0.15, -0.1) is 23.5 Å². The molecule has 0 bridgehead atoms. The van der Waals surface area contributed by atoms with Gasteiger partial charge >= 0.3 is 0 Å². The van der Waals surface area contributed by atoms with E-state index in [0.717, 1.165) is 32.6 Å². The number of fused-ring (bicyclic) bond motifs is 2. The molecular weight excluding hydrogens is 390 g/mol. The predicted molar refractivity (Wildman–Crippen MR) is 113 cm³/mol. The SMILES string of the molecule is Cn1c([C@H]2Sc3ccccc3NC2=O)ccc1[C@H]1Sc2ccccc2NC1=O. The molecule has 3 heterocycles. The molecule has 5 rings (SSSR count). The Kier molecular flexibility index (Phi) is 4.21. The quantitative estimate of drug-likeness (QED) is 0.652. The average Bonchev–Trinajstić information content (AvgIpc) is 3.08. The first-order chi connectivity index (χ1) is 13.6. The number of benzene rings is 2. The fourth-order valence-electron chi connectivity index (χ4n) is 3.56. The van der Waals surface area contributed by atoms with Gasteiger partial charge in [0.25, 0.3) is 0 Å². The summed E-state index contributed by atoms with van der Waals surface area (Å²) in [4.78, 5) is 27.5. The molecule has 5 nitrogen and oxygen atoms in total. The van der Waals surface area contributed by atoms with E-state index in [0.29, 0.717) is 0 Å². The highest BCUT2D eigenvalue weighted by Gasteiger charge is 2.34. The number of hydrogen-bond donors (Lipinski definition) is 2. The lowest BCUT2D eigenvalue weighted by Gasteiger charge is -2.27. The first-order valence-corrected chi connectivity index (χ1v) is 10.7.